The number of benzene rings is 1. The highest BCUT2D eigenvalue weighted by Gasteiger charge is 2.28. The Hall–Kier alpha value is -1.89. The summed E-state index contributed by atoms with van der Waals surface area (Å²) < 4.78 is 7.46. The smallest absolute Gasteiger partial charge is 0.245 e. The number of hydrogen-bond acceptors (Lipinski definition) is 4. The summed E-state index contributed by atoms with van der Waals surface area (Å²) in [6.45, 7) is 2.74. The first-order chi connectivity index (χ1) is 11.6. The van der Waals surface area contributed by atoms with Crippen molar-refractivity contribution in [2.45, 2.75) is 38.3 Å². The van der Waals surface area contributed by atoms with E-state index in [0.29, 0.717) is 11.4 Å². The van der Waals surface area contributed by atoms with E-state index in [9.17, 15) is 4.79 Å². The molecule has 1 aromatic carbocycles. The molecule has 1 heterocycles. The fourth-order valence-electron chi connectivity index (χ4n) is 2.84. The average molecular weight is 352 g/mol. The van der Waals surface area contributed by atoms with Gasteiger partial charge in [-0.3, -0.25) is 14.7 Å². The molecule has 0 unspecified atom stereocenters. The van der Waals surface area contributed by atoms with Crippen LogP contribution in [0.25, 0.3) is 0 Å². The predicted octanol–water partition coefficient (Wildman–Crippen LogP) is 2.79. The Morgan fingerprint density at radius 2 is 2.08 bits per heavy atom. The zero-order valence-corrected chi connectivity index (χ0v) is 14.5. The summed E-state index contributed by atoms with van der Waals surface area (Å²) in [7, 11) is 1.57. The van der Waals surface area contributed by atoms with Crippen LogP contribution in [-0.2, 0) is 22.5 Å². The van der Waals surface area contributed by atoms with E-state index in [1.165, 1.54) is 0 Å². The van der Waals surface area contributed by atoms with Crippen molar-refractivity contribution in [1.82, 2.24) is 15.3 Å². The second-order valence-electron chi connectivity index (χ2n) is 5.52. The van der Waals surface area contributed by atoms with Crippen LogP contribution in [0.4, 0.5) is 0 Å². The first kappa shape index (κ1) is 18.4. The Morgan fingerprint density at radius 1 is 1.38 bits per heavy atom. The second kappa shape index (κ2) is 8.82. The number of amides is 1. The highest BCUT2D eigenvalue weighted by molar-refractivity contribution is 6.30. The molecule has 0 aliphatic carbocycles. The van der Waals surface area contributed by atoms with Gasteiger partial charge in [-0.2, -0.15) is 5.10 Å². The third-order valence-electron chi connectivity index (χ3n) is 4.06. The molecule has 2 aromatic rings. The third-order valence-corrected chi connectivity index (χ3v) is 4.31. The first-order valence-electron chi connectivity index (χ1n) is 7.80. The molecule has 2 rings (SSSR count). The Morgan fingerprint density at radius 3 is 2.67 bits per heavy atom. The molecule has 1 aromatic heterocycles. The average Bonchev–Trinajstić information content (AvgIpc) is 3.07. The lowest BCUT2D eigenvalue weighted by molar-refractivity contribution is -0.132. The van der Waals surface area contributed by atoms with Crippen molar-refractivity contribution >= 4 is 17.5 Å². The van der Waals surface area contributed by atoms with Gasteiger partial charge in [0.05, 0.1) is 12.5 Å². The molecule has 6 nitrogen and oxygen atoms in total. The standard InChI is InChI=1S/C17H22ClN3O3/c1-3-21-15(8-9-19-21)14(16(24-2)11-17(22)20-23)10-12-4-6-13(18)7-5-12/h4-9,14,16,23H,3,10-11H2,1-2H3,(H,20,22)/t14-,16-/m1/s1. The van der Waals surface area contributed by atoms with Gasteiger partial charge in [0, 0.05) is 36.5 Å². The summed E-state index contributed by atoms with van der Waals surface area (Å²) in [4.78, 5) is 11.6. The quantitative estimate of drug-likeness (QED) is 0.566. The summed E-state index contributed by atoms with van der Waals surface area (Å²) >= 11 is 5.95. The fraction of sp³-hybridized carbons (Fsp3) is 0.412. The summed E-state index contributed by atoms with van der Waals surface area (Å²) in [5, 5.41) is 13.8. The first-order valence-corrected chi connectivity index (χ1v) is 8.18. The number of aromatic nitrogens is 2. The van der Waals surface area contributed by atoms with E-state index in [4.69, 9.17) is 21.5 Å². The van der Waals surface area contributed by atoms with Gasteiger partial charge < -0.3 is 4.74 Å². The van der Waals surface area contributed by atoms with Gasteiger partial charge >= 0.3 is 0 Å². The molecule has 24 heavy (non-hydrogen) atoms. The number of hydroxylamine groups is 1. The highest BCUT2D eigenvalue weighted by Crippen LogP contribution is 2.28. The van der Waals surface area contributed by atoms with Crippen molar-refractivity contribution in [2.24, 2.45) is 0 Å². The second-order valence-corrected chi connectivity index (χ2v) is 5.96. The zero-order valence-electron chi connectivity index (χ0n) is 13.8. The molecular formula is C17H22ClN3O3. The SMILES string of the molecule is CCn1nccc1[C@@H](Cc1ccc(Cl)cc1)[C@@H](CC(=O)NO)OC. The Kier molecular flexibility index (Phi) is 6.78. The monoisotopic (exact) mass is 351 g/mol. The van der Waals surface area contributed by atoms with Crippen LogP contribution in [0.15, 0.2) is 36.5 Å². The minimum absolute atomic E-state index is 0.0557. The van der Waals surface area contributed by atoms with E-state index < -0.39 is 12.0 Å². The molecule has 0 bridgehead atoms. The summed E-state index contributed by atoms with van der Waals surface area (Å²) in [6, 6.07) is 9.54. The number of hydrogen-bond donors (Lipinski definition) is 2. The predicted molar refractivity (Wildman–Crippen MR) is 91.1 cm³/mol. The maximum atomic E-state index is 11.6. The van der Waals surface area contributed by atoms with Gasteiger partial charge in [-0.25, -0.2) is 5.48 Å². The number of methoxy groups -OCH3 is 1. The lowest BCUT2D eigenvalue weighted by atomic mass is 9.89. The van der Waals surface area contributed by atoms with E-state index >= 15 is 0 Å². The minimum atomic E-state index is -0.481. The molecule has 0 saturated heterocycles. The maximum absolute atomic E-state index is 11.6. The molecule has 0 radical (unpaired) electrons. The fourth-order valence-corrected chi connectivity index (χ4v) is 2.97. The molecule has 2 atom stereocenters. The minimum Gasteiger partial charge on any atom is -0.380 e. The summed E-state index contributed by atoms with van der Waals surface area (Å²) in [6.07, 6.45) is 2.07. The molecule has 0 fully saturated rings. The van der Waals surface area contributed by atoms with Crippen LogP contribution < -0.4 is 5.48 Å². The number of ether oxygens (including phenoxy) is 1. The van der Waals surface area contributed by atoms with Gasteiger partial charge in [0.2, 0.25) is 5.91 Å². The highest BCUT2D eigenvalue weighted by atomic mass is 35.5. The van der Waals surface area contributed by atoms with Crippen LogP contribution in [0.1, 0.15) is 30.5 Å². The number of aryl methyl sites for hydroxylation is 1. The van der Waals surface area contributed by atoms with Crippen LogP contribution in [0.2, 0.25) is 5.02 Å². The van der Waals surface area contributed by atoms with Crippen molar-refractivity contribution in [2.75, 3.05) is 7.11 Å². The molecule has 2 N–H and O–H groups in total. The van der Waals surface area contributed by atoms with Gasteiger partial charge in [0.25, 0.3) is 0 Å². The van der Waals surface area contributed by atoms with E-state index in [1.54, 1.807) is 18.8 Å². The zero-order chi connectivity index (χ0) is 17.5. The lowest BCUT2D eigenvalue weighted by Gasteiger charge is -2.26. The Labute approximate surface area is 146 Å². The molecule has 0 saturated carbocycles. The normalized spacial score (nSPS) is 13.5. The molecule has 130 valence electrons. The third kappa shape index (κ3) is 4.56. The van der Waals surface area contributed by atoms with Gasteiger partial charge in [-0.1, -0.05) is 23.7 Å². The molecular weight excluding hydrogens is 330 g/mol. The van der Waals surface area contributed by atoms with Crippen molar-refractivity contribution in [3.63, 3.8) is 0 Å². The van der Waals surface area contributed by atoms with E-state index in [1.807, 2.05) is 41.9 Å². The van der Waals surface area contributed by atoms with Crippen LogP contribution in [-0.4, -0.2) is 34.1 Å². The molecule has 0 aliphatic rings. The van der Waals surface area contributed by atoms with Crippen molar-refractivity contribution in [3.05, 3.63) is 52.8 Å². The van der Waals surface area contributed by atoms with Crippen LogP contribution in [0.3, 0.4) is 0 Å². The van der Waals surface area contributed by atoms with Gasteiger partial charge in [-0.05, 0) is 37.1 Å². The van der Waals surface area contributed by atoms with E-state index in [-0.39, 0.29) is 12.3 Å². The summed E-state index contributed by atoms with van der Waals surface area (Å²) in [5.74, 6) is -0.568. The largest absolute Gasteiger partial charge is 0.380 e. The summed E-state index contributed by atoms with van der Waals surface area (Å²) in [5.41, 5.74) is 3.74. The van der Waals surface area contributed by atoms with Crippen molar-refractivity contribution in [3.8, 4) is 0 Å². The van der Waals surface area contributed by atoms with E-state index in [2.05, 4.69) is 5.10 Å². The molecule has 1 amide bonds. The maximum Gasteiger partial charge on any atom is 0.245 e. The molecule has 7 heteroatoms. The van der Waals surface area contributed by atoms with Crippen LogP contribution in [0.5, 0.6) is 0 Å². The number of nitrogens with one attached hydrogen (secondary N) is 1. The van der Waals surface area contributed by atoms with Crippen LogP contribution in [0, 0.1) is 0 Å². The van der Waals surface area contributed by atoms with Gasteiger partial charge in [0.15, 0.2) is 0 Å². The van der Waals surface area contributed by atoms with Crippen molar-refractivity contribution < 1.29 is 14.7 Å². The van der Waals surface area contributed by atoms with Gasteiger partial charge in [0.1, 0.15) is 0 Å². The number of carbonyl (C=O) groups is 1. The van der Waals surface area contributed by atoms with Crippen molar-refractivity contribution in [1.29, 1.82) is 0 Å². The lowest BCUT2D eigenvalue weighted by Crippen LogP contribution is -2.32. The molecule has 0 spiro atoms. The number of nitrogens with zero attached hydrogens (tertiary/aromatic N) is 2. The Bertz CT molecular complexity index is 657. The van der Waals surface area contributed by atoms with Gasteiger partial charge in [-0.15, -0.1) is 0 Å². The topological polar surface area (TPSA) is 76.4 Å². The molecule has 0 aliphatic heterocycles. The number of rotatable bonds is 8. The van der Waals surface area contributed by atoms with Crippen LogP contribution >= 0.6 is 11.6 Å². The number of halogens is 1. The Balaban J connectivity index is 2.32. The van der Waals surface area contributed by atoms with E-state index in [0.717, 1.165) is 17.8 Å². The number of carbonyl (C=O) groups excluding carboxylic acids is 1.